The van der Waals surface area contributed by atoms with Crippen LogP contribution in [0.3, 0.4) is 0 Å². The Labute approximate surface area is 119 Å². The van der Waals surface area contributed by atoms with E-state index in [0.29, 0.717) is 13.1 Å². The first kappa shape index (κ1) is 14.3. The Balaban J connectivity index is 2.04. The highest BCUT2D eigenvalue weighted by Crippen LogP contribution is 2.19. The number of aromatic nitrogens is 1. The van der Waals surface area contributed by atoms with Crippen LogP contribution in [0.25, 0.3) is 4.85 Å². The lowest BCUT2D eigenvalue weighted by atomic mass is 10.2. The molecule has 1 fully saturated rings. The Morgan fingerprint density at radius 2 is 2.10 bits per heavy atom. The van der Waals surface area contributed by atoms with E-state index in [0.717, 1.165) is 43.3 Å². The highest BCUT2D eigenvalue weighted by molar-refractivity contribution is 5.75. The predicted octanol–water partition coefficient (Wildman–Crippen LogP) is 0.417. The molecule has 1 saturated heterocycles. The molecule has 1 aromatic rings. The molecule has 1 aliphatic heterocycles. The minimum Gasteiger partial charge on any atom is -0.369 e. The summed E-state index contributed by atoms with van der Waals surface area (Å²) in [5.41, 5.74) is 7.13. The highest BCUT2D eigenvalue weighted by Gasteiger charge is 2.20. The van der Waals surface area contributed by atoms with Gasteiger partial charge in [0.2, 0.25) is 5.91 Å². The van der Waals surface area contributed by atoms with Crippen LogP contribution in [0.4, 0.5) is 5.82 Å². The average Bonchev–Trinajstić information content (AvgIpc) is 2.42. The molecule has 106 valence electrons. The third-order valence-corrected chi connectivity index (χ3v) is 3.42. The summed E-state index contributed by atoms with van der Waals surface area (Å²) in [6.45, 7) is 12.8. The fourth-order valence-electron chi connectivity index (χ4n) is 2.38. The number of rotatable bonds is 4. The van der Waals surface area contributed by atoms with Gasteiger partial charge in [-0.25, -0.2) is 11.6 Å². The topological polar surface area (TPSA) is 66.8 Å². The molecule has 1 amide bonds. The molecule has 0 atom stereocenters. The van der Waals surface area contributed by atoms with Gasteiger partial charge in [-0.3, -0.25) is 9.69 Å². The minimum atomic E-state index is -0.285. The van der Waals surface area contributed by atoms with Crippen LogP contribution in [0.1, 0.15) is 11.3 Å². The molecule has 0 bridgehead atoms. The van der Waals surface area contributed by atoms with Crippen LogP contribution in [0, 0.1) is 13.5 Å². The minimum absolute atomic E-state index is 0.285. The van der Waals surface area contributed by atoms with Gasteiger partial charge in [0.15, 0.2) is 0 Å². The summed E-state index contributed by atoms with van der Waals surface area (Å²) >= 11 is 0. The van der Waals surface area contributed by atoms with Crippen LogP contribution in [0.5, 0.6) is 0 Å². The Kier molecular flexibility index (Phi) is 4.53. The third kappa shape index (κ3) is 3.45. The van der Waals surface area contributed by atoms with E-state index >= 15 is 0 Å². The number of pyridine rings is 1. The molecular weight excluding hydrogens is 254 g/mol. The van der Waals surface area contributed by atoms with Crippen molar-refractivity contribution in [2.75, 3.05) is 37.6 Å². The lowest BCUT2D eigenvalue weighted by Crippen LogP contribution is -2.49. The maximum atomic E-state index is 10.9. The van der Waals surface area contributed by atoms with Crippen LogP contribution < -0.4 is 10.6 Å². The van der Waals surface area contributed by atoms with Crippen molar-refractivity contribution in [3.63, 3.8) is 0 Å². The van der Waals surface area contributed by atoms with Crippen LogP contribution in [0.2, 0.25) is 0 Å². The number of carbonyl (C=O) groups is 1. The highest BCUT2D eigenvalue weighted by atomic mass is 16.1. The van der Waals surface area contributed by atoms with Crippen molar-refractivity contribution in [3.8, 4) is 0 Å². The summed E-state index contributed by atoms with van der Waals surface area (Å²) in [7, 11) is 0. The van der Waals surface area contributed by atoms with Gasteiger partial charge in [0, 0.05) is 26.2 Å². The molecule has 0 saturated carbocycles. The first-order valence-electron chi connectivity index (χ1n) is 6.65. The monoisotopic (exact) mass is 273 g/mol. The average molecular weight is 273 g/mol. The second kappa shape index (κ2) is 6.35. The molecule has 1 aromatic heterocycles. The number of nitrogens with zero attached hydrogens (tertiary/aromatic N) is 4. The van der Waals surface area contributed by atoms with E-state index in [1.807, 2.05) is 19.1 Å². The van der Waals surface area contributed by atoms with Crippen molar-refractivity contribution >= 4 is 11.7 Å². The lowest BCUT2D eigenvalue weighted by Gasteiger charge is -2.35. The second-order valence-electron chi connectivity index (χ2n) is 4.99. The fourth-order valence-corrected chi connectivity index (χ4v) is 2.38. The van der Waals surface area contributed by atoms with E-state index in [9.17, 15) is 4.79 Å². The molecule has 1 aliphatic rings. The standard InChI is InChI=1S/C14H19N5O/c1-11-3-4-12(9-16-2)17-14(11)19-7-5-18(6-8-19)10-13(15)20/h3-4H,5-10H2,1H3,(H2,15,20). The number of hydrogen-bond donors (Lipinski definition) is 1. The zero-order chi connectivity index (χ0) is 14.5. The zero-order valence-electron chi connectivity index (χ0n) is 11.7. The van der Waals surface area contributed by atoms with E-state index in [1.54, 1.807) is 0 Å². The first-order chi connectivity index (χ1) is 9.60. The maximum absolute atomic E-state index is 10.9. The second-order valence-corrected chi connectivity index (χ2v) is 4.99. The number of amides is 1. The fraction of sp³-hybridized carbons (Fsp3) is 0.500. The van der Waals surface area contributed by atoms with Gasteiger partial charge in [-0.2, -0.15) is 0 Å². The Bertz CT molecular complexity index is 529. The van der Waals surface area contributed by atoms with E-state index in [-0.39, 0.29) is 5.91 Å². The summed E-state index contributed by atoms with van der Waals surface area (Å²) in [6, 6.07) is 3.92. The Morgan fingerprint density at radius 1 is 1.40 bits per heavy atom. The predicted molar refractivity (Wildman–Crippen MR) is 77.1 cm³/mol. The molecule has 0 aromatic carbocycles. The molecule has 6 heteroatoms. The number of primary amides is 1. The van der Waals surface area contributed by atoms with Crippen LogP contribution in [0.15, 0.2) is 12.1 Å². The molecule has 0 unspecified atom stereocenters. The Morgan fingerprint density at radius 3 is 2.70 bits per heavy atom. The normalized spacial score (nSPS) is 15.9. The van der Waals surface area contributed by atoms with Gasteiger partial charge < -0.3 is 15.5 Å². The van der Waals surface area contributed by atoms with E-state index in [4.69, 9.17) is 12.3 Å². The summed E-state index contributed by atoms with van der Waals surface area (Å²) in [5.74, 6) is 0.664. The number of anilines is 1. The van der Waals surface area contributed by atoms with Crippen molar-refractivity contribution in [2.24, 2.45) is 5.73 Å². The van der Waals surface area contributed by atoms with Crippen molar-refractivity contribution in [2.45, 2.75) is 13.5 Å². The molecule has 2 rings (SSSR count). The van der Waals surface area contributed by atoms with Crippen molar-refractivity contribution in [1.29, 1.82) is 0 Å². The Hall–Kier alpha value is -2.13. The third-order valence-electron chi connectivity index (χ3n) is 3.42. The van der Waals surface area contributed by atoms with Gasteiger partial charge in [-0.1, -0.05) is 6.07 Å². The summed E-state index contributed by atoms with van der Waals surface area (Å²) < 4.78 is 0. The summed E-state index contributed by atoms with van der Waals surface area (Å²) in [6.07, 6.45) is 0. The largest absolute Gasteiger partial charge is 0.369 e. The molecule has 2 N–H and O–H groups in total. The zero-order valence-corrected chi connectivity index (χ0v) is 11.7. The summed E-state index contributed by atoms with van der Waals surface area (Å²) in [4.78, 5) is 23.1. The van der Waals surface area contributed by atoms with Gasteiger partial charge in [0.05, 0.1) is 6.54 Å². The quantitative estimate of drug-likeness (QED) is 0.807. The number of hydrogen-bond acceptors (Lipinski definition) is 4. The lowest BCUT2D eigenvalue weighted by molar-refractivity contribution is -0.119. The van der Waals surface area contributed by atoms with E-state index < -0.39 is 0 Å². The van der Waals surface area contributed by atoms with E-state index in [1.165, 1.54) is 0 Å². The van der Waals surface area contributed by atoms with Gasteiger partial charge >= 0.3 is 0 Å². The van der Waals surface area contributed by atoms with Gasteiger partial charge in [0.1, 0.15) is 11.5 Å². The van der Waals surface area contributed by atoms with Gasteiger partial charge in [-0.15, -0.1) is 0 Å². The molecule has 20 heavy (non-hydrogen) atoms. The molecule has 0 radical (unpaired) electrons. The number of piperazine rings is 1. The van der Waals surface area contributed by atoms with Gasteiger partial charge in [0.25, 0.3) is 6.54 Å². The van der Waals surface area contributed by atoms with Crippen LogP contribution >= 0.6 is 0 Å². The maximum Gasteiger partial charge on any atom is 0.256 e. The number of aryl methyl sites for hydroxylation is 1. The number of carbonyl (C=O) groups excluding carboxylic acids is 1. The van der Waals surface area contributed by atoms with Gasteiger partial charge in [-0.05, 0) is 18.6 Å². The molecule has 0 aliphatic carbocycles. The van der Waals surface area contributed by atoms with Crippen LogP contribution in [-0.4, -0.2) is 48.5 Å². The smallest absolute Gasteiger partial charge is 0.256 e. The molecule has 2 heterocycles. The van der Waals surface area contributed by atoms with Crippen LogP contribution in [-0.2, 0) is 11.3 Å². The first-order valence-corrected chi connectivity index (χ1v) is 6.65. The summed E-state index contributed by atoms with van der Waals surface area (Å²) in [5, 5.41) is 0. The SMILES string of the molecule is [C-]#[N+]Cc1ccc(C)c(N2CCN(CC(N)=O)CC2)n1. The molecule has 6 nitrogen and oxygen atoms in total. The van der Waals surface area contributed by atoms with Crippen molar-refractivity contribution in [3.05, 3.63) is 34.8 Å². The van der Waals surface area contributed by atoms with E-state index in [2.05, 4.69) is 19.6 Å². The van der Waals surface area contributed by atoms with Crippen molar-refractivity contribution in [1.82, 2.24) is 9.88 Å². The number of nitrogens with two attached hydrogens (primary N) is 1. The molecular formula is C14H19N5O. The molecule has 0 spiro atoms. The van der Waals surface area contributed by atoms with Crippen molar-refractivity contribution < 1.29 is 4.79 Å².